The number of ether oxygens (including phenoxy) is 1. The van der Waals surface area contributed by atoms with Gasteiger partial charge in [0.2, 0.25) is 0 Å². The number of hydrazone groups is 1. The highest BCUT2D eigenvalue weighted by Gasteiger charge is 2.19. The summed E-state index contributed by atoms with van der Waals surface area (Å²) in [6, 6.07) is 7.84. The van der Waals surface area contributed by atoms with Crippen LogP contribution >= 0.6 is 0 Å². The molecule has 1 heterocycles. The van der Waals surface area contributed by atoms with Crippen molar-refractivity contribution in [3.63, 3.8) is 0 Å². The lowest BCUT2D eigenvalue weighted by atomic mass is 9.87. The van der Waals surface area contributed by atoms with Gasteiger partial charge in [-0.15, -0.1) is 0 Å². The summed E-state index contributed by atoms with van der Waals surface area (Å²) in [5, 5.41) is 8.55. The molecule has 1 N–H and O–H groups in total. The second kappa shape index (κ2) is 7.32. The first-order chi connectivity index (χ1) is 12.3. The molecule has 1 aromatic carbocycles. The number of amides is 1. The molecule has 0 unspecified atom stereocenters. The predicted octanol–water partition coefficient (Wildman–Crippen LogP) is 2.95. The van der Waals surface area contributed by atoms with Gasteiger partial charge in [0.05, 0.1) is 11.9 Å². The molecule has 0 atom stereocenters. The van der Waals surface area contributed by atoms with E-state index in [2.05, 4.69) is 36.4 Å². The summed E-state index contributed by atoms with van der Waals surface area (Å²) in [6.45, 7) is 6.42. The van der Waals surface area contributed by atoms with Gasteiger partial charge in [0.25, 0.3) is 5.91 Å². The van der Waals surface area contributed by atoms with Crippen molar-refractivity contribution < 1.29 is 9.53 Å². The van der Waals surface area contributed by atoms with Gasteiger partial charge in [-0.3, -0.25) is 9.48 Å². The maximum absolute atomic E-state index is 12.0. The number of carbonyl (C=O) groups excluding carboxylic acids is 1. The first-order valence-electron chi connectivity index (χ1n) is 8.94. The average Bonchev–Trinajstić information content (AvgIpc) is 2.99. The Bertz CT molecular complexity index is 813. The van der Waals surface area contributed by atoms with Crippen LogP contribution in [0.3, 0.4) is 0 Å². The SMILES string of the molecule is Cn1ncc2c1CCCC2=NNC(=O)COc1ccc(C(C)(C)C)cc1. The summed E-state index contributed by atoms with van der Waals surface area (Å²) < 4.78 is 7.42. The lowest BCUT2D eigenvalue weighted by Crippen LogP contribution is -2.27. The number of aromatic nitrogens is 2. The summed E-state index contributed by atoms with van der Waals surface area (Å²) >= 11 is 0. The first kappa shape index (κ1) is 18.2. The van der Waals surface area contributed by atoms with Gasteiger partial charge in [-0.05, 0) is 42.4 Å². The van der Waals surface area contributed by atoms with E-state index in [1.54, 1.807) is 0 Å². The van der Waals surface area contributed by atoms with E-state index in [-0.39, 0.29) is 17.9 Å². The monoisotopic (exact) mass is 354 g/mol. The van der Waals surface area contributed by atoms with Crippen LogP contribution in [0.4, 0.5) is 0 Å². The van der Waals surface area contributed by atoms with Crippen molar-refractivity contribution in [3.8, 4) is 5.75 Å². The first-order valence-corrected chi connectivity index (χ1v) is 8.94. The van der Waals surface area contributed by atoms with Gasteiger partial charge in [-0.2, -0.15) is 10.2 Å². The van der Waals surface area contributed by atoms with E-state index in [1.165, 1.54) is 11.3 Å². The number of hydrogen-bond donors (Lipinski definition) is 1. The number of rotatable bonds is 4. The molecule has 1 aromatic heterocycles. The standard InChI is InChI=1S/C20H26N4O2/c1-20(2,3)14-8-10-15(11-9-14)26-13-19(25)23-22-17-6-5-7-18-16(17)12-21-24(18)4/h8-12H,5-7,13H2,1-4H3,(H,23,25). The Labute approximate surface area is 154 Å². The highest BCUT2D eigenvalue weighted by molar-refractivity contribution is 6.02. The Morgan fingerprint density at radius 1 is 1.27 bits per heavy atom. The van der Waals surface area contributed by atoms with Gasteiger partial charge in [-0.25, -0.2) is 5.43 Å². The molecule has 0 aliphatic heterocycles. The summed E-state index contributed by atoms with van der Waals surface area (Å²) in [4.78, 5) is 12.0. The zero-order valence-electron chi connectivity index (χ0n) is 15.9. The van der Waals surface area contributed by atoms with E-state index < -0.39 is 0 Å². The second-order valence-corrected chi connectivity index (χ2v) is 7.64. The minimum Gasteiger partial charge on any atom is -0.484 e. The summed E-state index contributed by atoms with van der Waals surface area (Å²) in [5.74, 6) is 0.404. The summed E-state index contributed by atoms with van der Waals surface area (Å²) in [6.07, 6.45) is 4.66. The van der Waals surface area contributed by atoms with Crippen LogP contribution in [0.5, 0.6) is 5.75 Å². The largest absolute Gasteiger partial charge is 0.484 e. The van der Waals surface area contributed by atoms with Crippen LogP contribution in [0.2, 0.25) is 0 Å². The predicted molar refractivity (Wildman–Crippen MR) is 101 cm³/mol. The lowest BCUT2D eigenvalue weighted by molar-refractivity contribution is -0.123. The number of nitrogens with zero attached hydrogens (tertiary/aromatic N) is 3. The molecule has 6 nitrogen and oxygen atoms in total. The maximum Gasteiger partial charge on any atom is 0.277 e. The minimum atomic E-state index is -0.270. The van der Waals surface area contributed by atoms with Crippen LogP contribution in [0.1, 0.15) is 50.4 Å². The van der Waals surface area contributed by atoms with Crippen LogP contribution in [0.15, 0.2) is 35.6 Å². The highest BCUT2D eigenvalue weighted by atomic mass is 16.5. The fourth-order valence-electron chi connectivity index (χ4n) is 3.04. The third-order valence-electron chi connectivity index (χ3n) is 4.61. The number of fused-ring (bicyclic) bond motifs is 1. The Hall–Kier alpha value is -2.63. The Morgan fingerprint density at radius 2 is 2.00 bits per heavy atom. The van der Waals surface area contributed by atoms with Crippen molar-refractivity contribution in [1.29, 1.82) is 0 Å². The summed E-state index contributed by atoms with van der Waals surface area (Å²) in [7, 11) is 1.93. The number of nitrogens with one attached hydrogen (secondary N) is 1. The molecule has 138 valence electrons. The Kier molecular flexibility index (Phi) is 5.11. The maximum atomic E-state index is 12.0. The van der Waals surface area contributed by atoms with Crippen LogP contribution in [-0.2, 0) is 23.7 Å². The number of aryl methyl sites for hydroxylation is 1. The number of benzene rings is 1. The van der Waals surface area contributed by atoms with E-state index >= 15 is 0 Å². The molecule has 0 fully saturated rings. The van der Waals surface area contributed by atoms with E-state index in [4.69, 9.17) is 4.74 Å². The molecule has 26 heavy (non-hydrogen) atoms. The molecule has 1 aliphatic rings. The molecular formula is C20H26N4O2. The lowest BCUT2D eigenvalue weighted by Gasteiger charge is -2.19. The van der Waals surface area contributed by atoms with Crippen molar-refractivity contribution >= 4 is 11.6 Å². The van der Waals surface area contributed by atoms with Gasteiger partial charge in [0.1, 0.15) is 5.75 Å². The van der Waals surface area contributed by atoms with E-state index in [0.717, 1.165) is 30.5 Å². The fourth-order valence-corrected chi connectivity index (χ4v) is 3.04. The highest BCUT2D eigenvalue weighted by Crippen LogP contribution is 2.24. The van der Waals surface area contributed by atoms with Crippen LogP contribution < -0.4 is 10.2 Å². The third-order valence-corrected chi connectivity index (χ3v) is 4.61. The molecule has 0 radical (unpaired) electrons. The van der Waals surface area contributed by atoms with Gasteiger partial charge in [0.15, 0.2) is 6.61 Å². The van der Waals surface area contributed by atoms with Crippen LogP contribution in [0.25, 0.3) is 0 Å². The molecular weight excluding hydrogens is 328 g/mol. The van der Waals surface area contributed by atoms with Gasteiger partial charge >= 0.3 is 0 Å². The zero-order chi connectivity index (χ0) is 18.7. The molecule has 0 bridgehead atoms. The molecule has 0 saturated heterocycles. The minimum absolute atomic E-state index is 0.0639. The smallest absolute Gasteiger partial charge is 0.277 e. The second-order valence-electron chi connectivity index (χ2n) is 7.64. The average molecular weight is 354 g/mol. The van der Waals surface area contributed by atoms with Crippen molar-refractivity contribution in [2.24, 2.45) is 12.1 Å². The zero-order valence-corrected chi connectivity index (χ0v) is 15.9. The van der Waals surface area contributed by atoms with Crippen molar-refractivity contribution in [2.45, 2.75) is 45.4 Å². The van der Waals surface area contributed by atoms with Gasteiger partial charge < -0.3 is 4.74 Å². The molecule has 1 amide bonds. The van der Waals surface area contributed by atoms with Gasteiger partial charge in [0, 0.05) is 18.3 Å². The molecule has 6 heteroatoms. The fraction of sp³-hybridized carbons (Fsp3) is 0.450. The Morgan fingerprint density at radius 3 is 2.69 bits per heavy atom. The quantitative estimate of drug-likeness (QED) is 0.858. The van der Waals surface area contributed by atoms with E-state index in [0.29, 0.717) is 5.75 Å². The molecule has 2 aromatic rings. The van der Waals surface area contributed by atoms with Crippen LogP contribution in [-0.4, -0.2) is 28.0 Å². The molecule has 3 rings (SSSR count). The third kappa shape index (κ3) is 4.12. The number of carbonyl (C=O) groups is 1. The number of hydrogen-bond acceptors (Lipinski definition) is 4. The van der Waals surface area contributed by atoms with Crippen molar-refractivity contribution in [2.75, 3.05) is 6.61 Å². The normalized spacial score (nSPS) is 15.6. The van der Waals surface area contributed by atoms with Crippen LogP contribution in [0, 0.1) is 0 Å². The van der Waals surface area contributed by atoms with Gasteiger partial charge in [-0.1, -0.05) is 32.9 Å². The van der Waals surface area contributed by atoms with Crippen molar-refractivity contribution in [3.05, 3.63) is 47.3 Å². The molecule has 1 aliphatic carbocycles. The van der Waals surface area contributed by atoms with E-state index in [9.17, 15) is 4.79 Å². The topological polar surface area (TPSA) is 68.5 Å². The van der Waals surface area contributed by atoms with E-state index in [1.807, 2.05) is 42.2 Å². The van der Waals surface area contributed by atoms with Crippen molar-refractivity contribution in [1.82, 2.24) is 15.2 Å². The summed E-state index contributed by atoms with van der Waals surface area (Å²) in [5.41, 5.74) is 6.99. The Balaban J connectivity index is 1.55. The molecule has 0 spiro atoms. The molecule has 0 saturated carbocycles.